The Balaban J connectivity index is 2.23. The molecule has 0 aromatic heterocycles. The number of benzene rings is 1. The standard InChI is InChI=1S/C16H16O5/c1-21-13-7-9-15(18,16(19,20)11-13)10-8-14(17)12-5-3-2-4-6-12/h2-11,18-20H,1H3. The fourth-order valence-electron chi connectivity index (χ4n) is 1.90. The molecule has 1 aromatic carbocycles. The molecule has 0 saturated carbocycles. The lowest BCUT2D eigenvalue weighted by Crippen LogP contribution is -2.52. The lowest BCUT2D eigenvalue weighted by atomic mass is 9.87. The number of carbonyl (C=O) groups is 1. The normalized spacial score (nSPS) is 23.9. The van der Waals surface area contributed by atoms with Crippen molar-refractivity contribution in [1.29, 1.82) is 0 Å². The largest absolute Gasteiger partial charge is 0.497 e. The lowest BCUT2D eigenvalue weighted by molar-refractivity contribution is -0.207. The predicted molar refractivity (Wildman–Crippen MR) is 76.3 cm³/mol. The zero-order valence-electron chi connectivity index (χ0n) is 11.4. The second-order valence-electron chi connectivity index (χ2n) is 4.70. The van der Waals surface area contributed by atoms with Crippen LogP contribution in [0.3, 0.4) is 0 Å². The van der Waals surface area contributed by atoms with E-state index < -0.39 is 11.4 Å². The van der Waals surface area contributed by atoms with Gasteiger partial charge in [-0.25, -0.2) is 0 Å². The Kier molecular flexibility index (Phi) is 4.09. The third-order valence-electron chi connectivity index (χ3n) is 3.22. The number of aliphatic hydroxyl groups is 3. The first-order chi connectivity index (χ1) is 9.88. The summed E-state index contributed by atoms with van der Waals surface area (Å²) in [5, 5.41) is 30.1. The van der Waals surface area contributed by atoms with Gasteiger partial charge in [0.2, 0.25) is 5.79 Å². The molecule has 5 nitrogen and oxygen atoms in total. The summed E-state index contributed by atoms with van der Waals surface area (Å²) < 4.78 is 4.87. The molecule has 0 saturated heterocycles. The third kappa shape index (κ3) is 3.11. The van der Waals surface area contributed by atoms with Crippen molar-refractivity contribution in [1.82, 2.24) is 0 Å². The Morgan fingerprint density at radius 2 is 1.86 bits per heavy atom. The number of ether oxygens (including phenoxy) is 1. The summed E-state index contributed by atoms with van der Waals surface area (Å²) >= 11 is 0. The van der Waals surface area contributed by atoms with E-state index in [-0.39, 0.29) is 11.5 Å². The van der Waals surface area contributed by atoms with Gasteiger partial charge in [-0.15, -0.1) is 0 Å². The highest BCUT2D eigenvalue weighted by Crippen LogP contribution is 2.30. The van der Waals surface area contributed by atoms with Gasteiger partial charge in [0.05, 0.1) is 7.11 Å². The molecule has 0 amide bonds. The van der Waals surface area contributed by atoms with Gasteiger partial charge in [-0.2, -0.15) is 0 Å². The molecule has 0 fully saturated rings. The van der Waals surface area contributed by atoms with Gasteiger partial charge >= 0.3 is 0 Å². The molecule has 0 heterocycles. The molecular weight excluding hydrogens is 272 g/mol. The van der Waals surface area contributed by atoms with Gasteiger partial charge in [-0.05, 0) is 24.3 Å². The minimum atomic E-state index is -2.57. The second kappa shape index (κ2) is 5.65. The Morgan fingerprint density at radius 1 is 1.19 bits per heavy atom. The number of carbonyl (C=O) groups excluding carboxylic acids is 1. The maximum Gasteiger partial charge on any atom is 0.224 e. The minimum Gasteiger partial charge on any atom is -0.497 e. The number of hydrogen-bond acceptors (Lipinski definition) is 5. The summed E-state index contributed by atoms with van der Waals surface area (Å²) in [6, 6.07) is 8.46. The first-order valence-corrected chi connectivity index (χ1v) is 6.30. The molecule has 1 aliphatic carbocycles. The number of allylic oxidation sites excluding steroid dienone is 2. The van der Waals surface area contributed by atoms with Crippen LogP contribution in [0.15, 0.2) is 66.5 Å². The van der Waals surface area contributed by atoms with Crippen molar-refractivity contribution in [2.75, 3.05) is 7.11 Å². The maximum absolute atomic E-state index is 11.9. The molecule has 0 bridgehead atoms. The number of hydrogen-bond donors (Lipinski definition) is 3. The van der Waals surface area contributed by atoms with Gasteiger partial charge in [-0.1, -0.05) is 30.3 Å². The molecule has 21 heavy (non-hydrogen) atoms. The summed E-state index contributed by atoms with van der Waals surface area (Å²) in [6.45, 7) is 0. The molecule has 1 aromatic rings. The molecule has 110 valence electrons. The molecule has 0 spiro atoms. The molecule has 3 N–H and O–H groups in total. The van der Waals surface area contributed by atoms with E-state index in [1.54, 1.807) is 30.3 Å². The Labute approximate surface area is 122 Å². The van der Waals surface area contributed by atoms with Crippen LogP contribution in [0.4, 0.5) is 0 Å². The van der Waals surface area contributed by atoms with Crippen molar-refractivity contribution in [2.45, 2.75) is 11.4 Å². The van der Waals surface area contributed by atoms with E-state index in [1.807, 2.05) is 0 Å². The maximum atomic E-state index is 11.9. The Morgan fingerprint density at radius 3 is 2.43 bits per heavy atom. The molecule has 1 atom stereocenters. The summed E-state index contributed by atoms with van der Waals surface area (Å²) in [6.07, 6.45) is 5.65. The summed E-state index contributed by atoms with van der Waals surface area (Å²) in [7, 11) is 1.37. The lowest BCUT2D eigenvalue weighted by Gasteiger charge is -2.35. The number of methoxy groups -OCH3 is 1. The first-order valence-electron chi connectivity index (χ1n) is 6.30. The van der Waals surface area contributed by atoms with Crippen LogP contribution in [0.5, 0.6) is 0 Å². The van der Waals surface area contributed by atoms with Crippen LogP contribution in [0.1, 0.15) is 10.4 Å². The summed E-state index contributed by atoms with van der Waals surface area (Å²) in [4.78, 5) is 11.9. The molecule has 5 heteroatoms. The van der Waals surface area contributed by atoms with Crippen LogP contribution in [0, 0.1) is 0 Å². The average molecular weight is 288 g/mol. The number of rotatable bonds is 4. The SMILES string of the molecule is COC1=CC(O)(O)C(O)(C=CC(=O)c2ccccc2)C=C1. The van der Waals surface area contributed by atoms with Gasteiger partial charge in [0.15, 0.2) is 11.4 Å². The van der Waals surface area contributed by atoms with Crippen LogP contribution in [-0.2, 0) is 4.74 Å². The van der Waals surface area contributed by atoms with Crippen LogP contribution < -0.4 is 0 Å². The van der Waals surface area contributed by atoms with Crippen molar-refractivity contribution in [3.8, 4) is 0 Å². The summed E-state index contributed by atoms with van der Waals surface area (Å²) in [5.41, 5.74) is -1.67. The average Bonchev–Trinajstić information content (AvgIpc) is 2.48. The second-order valence-corrected chi connectivity index (χ2v) is 4.70. The first kappa shape index (κ1) is 15.2. The third-order valence-corrected chi connectivity index (χ3v) is 3.22. The fraction of sp³-hybridized carbons (Fsp3) is 0.188. The molecular formula is C16H16O5. The van der Waals surface area contributed by atoms with Crippen molar-refractivity contribution in [3.05, 3.63) is 72.0 Å². The monoisotopic (exact) mass is 288 g/mol. The van der Waals surface area contributed by atoms with Gasteiger partial charge in [-0.3, -0.25) is 4.79 Å². The van der Waals surface area contributed by atoms with Crippen LogP contribution in [0.2, 0.25) is 0 Å². The van der Waals surface area contributed by atoms with Gasteiger partial charge in [0.25, 0.3) is 0 Å². The molecule has 1 aliphatic rings. The van der Waals surface area contributed by atoms with Gasteiger partial charge in [0.1, 0.15) is 5.76 Å². The molecule has 0 aliphatic heterocycles. The van der Waals surface area contributed by atoms with Crippen molar-refractivity contribution in [3.63, 3.8) is 0 Å². The number of ketones is 1. The molecule has 2 rings (SSSR count). The van der Waals surface area contributed by atoms with Crippen LogP contribution in [0.25, 0.3) is 0 Å². The van der Waals surface area contributed by atoms with Crippen LogP contribution in [-0.4, -0.2) is 39.6 Å². The van der Waals surface area contributed by atoms with Gasteiger partial charge in [0, 0.05) is 11.6 Å². The van der Waals surface area contributed by atoms with E-state index in [0.29, 0.717) is 5.56 Å². The van der Waals surface area contributed by atoms with E-state index >= 15 is 0 Å². The van der Waals surface area contributed by atoms with E-state index in [4.69, 9.17) is 4.74 Å². The van der Waals surface area contributed by atoms with Crippen molar-refractivity contribution >= 4 is 5.78 Å². The highest BCUT2D eigenvalue weighted by Gasteiger charge is 2.45. The van der Waals surface area contributed by atoms with E-state index in [2.05, 4.69) is 0 Å². The Hall–Kier alpha value is -2.21. The van der Waals surface area contributed by atoms with Crippen molar-refractivity contribution < 1.29 is 24.9 Å². The molecule has 0 radical (unpaired) electrons. The molecule has 1 unspecified atom stereocenters. The quantitative estimate of drug-likeness (QED) is 0.436. The smallest absolute Gasteiger partial charge is 0.224 e. The van der Waals surface area contributed by atoms with E-state index in [9.17, 15) is 20.1 Å². The fourth-order valence-corrected chi connectivity index (χ4v) is 1.90. The zero-order valence-corrected chi connectivity index (χ0v) is 11.4. The van der Waals surface area contributed by atoms with Gasteiger partial charge < -0.3 is 20.1 Å². The minimum absolute atomic E-state index is 0.201. The predicted octanol–water partition coefficient (Wildman–Crippen LogP) is 0.938. The van der Waals surface area contributed by atoms with Crippen molar-refractivity contribution in [2.24, 2.45) is 0 Å². The van der Waals surface area contributed by atoms with E-state index in [1.165, 1.54) is 13.2 Å². The van der Waals surface area contributed by atoms with E-state index in [0.717, 1.165) is 24.3 Å². The zero-order chi connectivity index (χ0) is 15.5. The Bertz CT molecular complexity index is 613. The highest BCUT2D eigenvalue weighted by atomic mass is 16.5. The van der Waals surface area contributed by atoms with Crippen LogP contribution >= 0.6 is 0 Å². The highest BCUT2D eigenvalue weighted by molar-refractivity contribution is 6.04. The summed E-state index contributed by atoms with van der Waals surface area (Å²) in [5.74, 6) is -2.72. The topological polar surface area (TPSA) is 87.0 Å².